The first-order valence-corrected chi connectivity index (χ1v) is 11.5. The SMILES string of the molecule is NCCCc1nc(-c2cccc(NSc3cc(F)ccc3F)c2F)c(-c2ccnc(N)n2)s1. The molecule has 5 N–H and O–H groups in total. The number of aryl methyl sites for hydroxylation is 1. The molecule has 0 unspecified atom stereocenters. The molecular formula is C22H19F3N6S2. The number of halogens is 3. The van der Waals surface area contributed by atoms with Gasteiger partial charge in [0.25, 0.3) is 0 Å². The second kappa shape index (κ2) is 10.2. The lowest BCUT2D eigenvalue weighted by molar-refractivity contribution is 0.577. The molecule has 0 aliphatic heterocycles. The van der Waals surface area contributed by atoms with Crippen molar-refractivity contribution < 1.29 is 13.2 Å². The van der Waals surface area contributed by atoms with Gasteiger partial charge in [-0.3, -0.25) is 0 Å². The fourth-order valence-corrected chi connectivity index (χ4v) is 4.84. The predicted molar refractivity (Wildman–Crippen MR) is 126 cm³/mol. The molecule has 33 heavy (non-hydrogen) atoms. The first-order valence-electron chi connectivity index (χ1n) is 9.91. The minimum Gasteiger partial charge on any atom is -0.368 e. The molecule has 0 spiro atoms. The maximum absolute atomic E-state index is 15.5. The van der Waals surface area contributed by atoms with E-state index in [-0.39, 0.29) is 22.1 Å². The number of nitrogens with zero attached hydrogens (tertiary/aromatic N) is 3. The Hall–Kier alpha value is -3.15. The van der Waals surface area contributed by atoms with Crippen LogP contribution in [0, 0.1) is 17.5 Å². The van der Waals surface area contributed by atoms with E-state index in [0.29, 0.717) is 29.2 Å². The lowest BCUT2D eigenvalue weighted by Crippen LogP contribution is -2.00. The Morgan fingerprint density at radius 1 is 1.06 bits per heavy atom. The third kappa shape index (κ3) is 5.27. The average Bonchev–Trinajstić information content (AvgIpc) is 3.23. The van der Waals surface area contributed by atoms with Gasteiger partial charge in [-0.15, -0.1) is 11.3 Å². The first kappa shape index (κ1) is 23.0. The van der Waals surface area contributed by atoms with Gasteiger partial charge in [0, 0.05) is 18.2 Å². The number of anilines is 2. The number of thiazole rings is 1. The van der Waals surface area contributed by atoms with Crippen LogP contribution < -0.4 is 16.2 Å². The van der Waals surface area contributed by atoms with Crippen LogP contribution in [0.15, 0.2) is 53.6 Å². The van der Waals surface area contributed by atoms with Crippen molar-refractivity contribution in [1.29, 1.82) is 0 Å². The Morgan fingerprint density at radius 3 is 2.70 bits per heavy atom. The molecule has 2 heterocycles. The molecule has 2 aromatic heterocycles. The topological polar surface area (TPSA) is 103 Å². The molecular weight excluding hydrogens is 469 g/mol. The summed E-state index contributed by atoms with van der Waals surface area (Å²) < 4.78 is 45.7. The molecule has 2 aromatic carbocycles. The van der Waals surface area contributed by atoms with Crippen molar-refractivity contribution in [3.63, 3.8) is 0 Å². The van der Waals surface area contributed by atoms with E-state index in [1.54, 1.807) is 18.2 Å². The lowest BCUT2D eigenvalue weighted by Gasteiger charge is -2.11. The van der Waals surface area contributed by atoms with E-state index < -0.39 is 17.5 Å². The molecule has 0 amide bonds. The van der Waals surface area contributed by atoms with Crippen molar-refractivity contribution >= 4 is 34.9 Å². The van der Waals surface area contributed by atoms with Crippen LogP contribution in [-0.2, 0) is 6.42 Å². The second-order valence-corrected chi connectivity index (χ2v) is 8.86. The Labute approximate surface area is 196 Å². The Bertz CT molecular complexity index is 1280. The monoisotopic (exact) mass is 488 g/mol. The van der Waals surface area contributed by atoms with E-state index in [9.17, 15) is 8.78 Å². The maximum Gasteiger partial charge on any atom is 0.220 e. The van der Waals surface area contributed by atoms with Crippen molar-refractivity contribution in [3.05, 3.63) is 71.1 Å². The summed E-state index contributed by atoms with van der Waals surface area (Å²) in [5, 5.41) is 0.789. The van der Waals surface area contributed by atoms with Gasteiger partial charge in [-0.05, 0) is 61.3 Å². The van der Waals surface area contributed by atoms with Crippen molar-refractivity contribution in [2.24, 2.45) is 5.73 Å². The van der Waals surface area contributed by atoms with E-state index in [4.69, 9.17) is 11.5 Å². The highest BCUT2D eigenvalue weighted by Crippen LogP contribution is 2.39. The highest BCUT2D eigenvalue weighted by molar-refractivity contribution is 8.00. The van der Waals surface area contributed by atoms with Crippen molar-refractivity contribution in [2.45, 2.75) is 17.7 Å². The van der Waals surface area contributed by atoms with E-state index in [2.05, 4.69) is 19.7 Å². The van der Waals surface area contributed by atoms with Crippen LogP contribution in [0.3, 0.4) is 0 Å². The van der Waals surface area contributed by atoms with Gasteiger partial charge in [0.1, 0.15) is 11.6 Å². The number of nitrogens with two attached hydrogens (primary N) is 2. The van der Waals surface area contributed by atoms with Gasteiger partial charge in [0.2, 0.25) is 5.95 Å². The molecule has 0 aliphatic carbocycles. The van der Waals surface area contributed by atoms with Gasteiger partial charge in [0.05, 0.1) is 31.9 Å². The summed E-state index contributed by atoms with van der Waals surface area (Å²) in [6, 6.07) is 9.52. The summed E-state index contributed by atoms with van der Waals surface area (Å²) in [6.45, 7) is 0.506. The quantitative estimate of drug-likeness (QED) is 0.290. The zero-order valence-electron chi connectivity index (χ0n) is 17.2. The predicted octanol–water partition coefficient (Wildman–Crippen LogP) is 5.28. The minimum absolute atomic E-state index is 0.00896. The maximum atomic E-state index is 15.5. The molecule has 4 rings (SSSR count). The van der Waals surface area contributed by atoms with Crippen molar-refractivity contribution in [2.75, 3.05) is 17.0 Å². The van der Waals surface area contributed by atoms with Gasteiger partial charge in [-0.1, -0.05) is 6.07 Å². The third-order valence-corrected chi connectivity index (χ3v) is 6.58. The number of nitrogens with one attached hydrogen (secondary N) is 1. The summed E-state index contributed by atoms with van der Waals surface area (Å²) in [4.78, 5) is 13.5. The minimum atomic E-state index is -0.613. The van der Waals surface area contributed by atoms with Crippen molar-refractivity contribution in [1.82, 2.24) is 15.0 Å². The van der Waals surface area contributed by atoms with E-state index in [1.165, 1.54) is 23.6 Å². The largest absolute Gasteiger partial charge is 0.368 e. The second-order valence-electron chi connectivity index (χ2n) is 6.92. The standard InChI is InChI=1S/C22H19F3N6S2/c23-12-6-7-14(24)17(11-12)33-31-15-4-1-3-13(19(15)25)20-21(16-8-10-28-22(27)29-16)32-18(30-20)5-2-9-26/h1,3-4,6-8,10-11,31H,2,5,9,26H2,(H2,27,28,29). The molecule has 0 fully saturated rings. The van der Waals surface area contributed by atoms with E-state index >= 15 is 4.39 Å². The number of aromatic nitrogens is 3. The molecule has 11 heteroatoms. The van der Waals surface area contributed by atoms with E-state index in [1.807, 2.05) is 0 Å². The van der Waals surface area contributed by atoms with Gasteiger partial charge >= 0.3 is 0 Å². The smallest absolute Gasteiger partial charge is 0.220 e. The Kier molecular flexibility index (Phi) is 7.11. The third-order valence-electron chi connectivity index (χ3n) is 4.59. The zero-order chi connectivity index (χ0) is 23.4. The molecule has 0 saturated heterocycles. The van der Waals surface area contributed by atoms with Crippen LogP contribution in [0.2, 0.25) is 0 Å². The van der Waals surface area contributed by atoms with Gasteiger partial charge in [-0.25, -0.2) is 28.1 Å². The molecule has 0 aliphatic rings. The summed E-state index contributed by atoms with van der Waals surface area (Å²) in [6.07, 6.45) is 2.90. The number of hydrogen-bond donors (Lipinski definition) is 3. The molecule has 0 saturated carbocycles. The number of benzene rings is 2. The molecule has 4 aromatic rings. The van der Waals surface area contributed by atoms with Crippen LogP contribution in [-0.4, -0.2) is 21.5 Å². The summed E-state index contributed by atoms with van der Waals surface area (Å²) >= 11 is 2.17. The lowest BCUT2D eigenvalue weighted by atomic mass is 10.1. The zero-order valence-corrected chi connectivity index (χ0v) is 18.8. The Balaban J connectivity index is 1.71. The fourth-order valence-electron chi connectivity index (χ4n) is 3.04. The summed E-state index contributed by atoms with van der Waals surface area (Å²) in [5.41, 5.74) is 12.7. The van der Waals surface area contributed by atoms with Crippen LogP contribution in [0.25, 0.3) is 21.8 Å². The summed E-state index contributed by atoms with van der Waals surface area (Å²) in [5.74, 6) is -1.69. The molecule has 0 atom stereocenters. The average molecular weight is 489 g/mol. The number of rotatable bonds is 8. The Morgan fingerprint density at radius 2 is 1.91 bits per heavy atom. The van der Waals surface area contributed by atoms with Crippen molar-refractivity contribution in [3.8, 4) is 21.8 Å². The number of nitrogen functional groups attached to an aromatic ring is 1. The van der Waals surface area contributed by atoms with Gasteiger partial charge < -0.3 is 16.2 Å². The first-order chi connectivity index (χ1) is 16.0. The molecule has 170 valence electrons. The summed E-state index contributed by atoms with van der Waals surface area (Å²) in [7, 11) is 0. The molecule has 0 bridgehead atoms. The highest BCUT2D eigenvalue weighted by atomic mass is 32.2. The van der Waals surface area contributed by atoms with E-state index in [0.717, 1.165) is 41.6 Å². The molecule has 6 nitrogen and oxygen atoms in total. The van der Waals surface area contributed by atoms with Crippen LogP contribution >= 0.6 is 23.3 Å². The van der Waals surface area contributed by atoms with Gasteiger partial charge in [-0.2, -0.15) is 0 Å². The highest BCUT2D eigenvalue weighted by Gasteiger charge is 2.21. The van der Waals surface area contributed by atoms with Crippen LogP contribution in [0.5, 0.6) is 0 Å². The van der Waals surface area contributed by atoms with Gasteiger partial charge in [0.15, 0.2) is 5.82 Å². The van der Waals surface area contributed by atoms with Crippen LogP contribution in [0.1, 0.15) is 11.4 Å². The molecule has 0 radical (unpaired) electrons. The normalized spacial score (nSPS) is 11.0. The van der Waals surface area contributed by atoms with Crippen LogP contribution in [0.4, 0.5) is 24.8 Å². The fraction of sp³-hybridized carbons (Fsp3) is 0.136. The number of hydrogen-bond acceptors (Lipinski definition) is 8.